The van der Waals surface area contributed by atoms with E-state index in [-0.39, 0.29) is 17.0 Å². The summed E-state index contributed by atoms with van der Waals surface area (Å²) in [5.41, 5.74) is 1.74. The molecule has 0 spiro atoms. The molecule has 132 valence electrons. The van der Waals surface area contributed by atoms with Crippen LogP contribution < -0.4 is 15.1 Å². The first-order valence-electron chi connectivity index (χ1n) is 8.45. The highest BCUT2D eigenvalue weighted by Gasteiger charge is 2.29. The van der Waals surface area contributed by atoms with Crippen LogP contribution in [-0.2, 0) is 4.79 Å². The van der Waals surface area contributed by atoms with E-state index in [0.717, 1.165) is 26.2 Å². The van der Waals surface area contributed by atoms with Gasteiger partial charge in [0.05, 0.1) is 31.2 Å². The van der Waals surface area contributed by atoms with Crippen LogP contribution in [0.2, 0.25) is 5.02 Å². The summed E-state index contributed by atoms with van der Waals surface area (Å²) in [7, 11) is 0. The van der Waals surface area contributed by atoms with Gasteiger partial charge in [0, 0.05) is 11.4 Å². The Kier molecular flexibility index (Phi) is 5.56. The van der Waals surface area contributed by atoms with Crippen LogP contribution in [0.1, 0.15) is 6.92 Å². The van der Waals surface area contributed by atoms with Gasteiger partial charge in [0.15, 0.2) is 6.04 Å². The summed E-state index contributed by atoms with van der Waals surface area (Å²) in [5.74, 6) is -0.568. The first kappa shape index (κ1) is 17.7. The van der Waals surface area contributed by atoms with Crippen molar-refractivity contribution in [3.63, 3.8) is 0 Å². The quantitative estimate of drug-likeness (QED) is 0.875. The Labute approximate surface area is 152 Å². The molecular formula is C19H22ClFN3O+. The summed E-state index contributed by atoms with van der Waals surface area (Å²) >= 11 is 5.76. The molecular weight excluding hydrogens is 341 g/mol. The molecule has 1 atom stereocenters. The van der Waals surface area contributed by atoms with Crippen molar-refractivity contribution in [3.8, 4) is 0 Å². The second-order valence-electron chi connectivity index (χ2n) is 6.32. The van der Waals surface area contributed by atoms with Gasteiger partial charge in [-0.1, -0.05) is 29.8 Å². The molecule has 1 amide bonds. The van der Waals surface area contributed by atoms with Gasteiger partial charge in [-0.25, -0.2) is 4.39 Å². The van der Waals surface area contributed by atoms with E-state index in [1.807, 2.05) is 25.1 Å². The molecule has 3 rings (SSSR count). The topological polar surface area (TPSA) is 36.8 Å². The monoisotopic (exact) mass is 362 g/mol. The van der Waals surface area contributed by atoms with Gasteiger partial charge in [0.2, 0.25) is 0 Å². The smallest absolute Gasteiger partial charge is 0.282 e. The molecule has 4 nitrogen and oxygen atoms in total. The van der Waals surface area contributed by atoms with Crippen molar-refractivity contribution >= 4 is 28.9 Å². The highest BCUT2D eigenvalue weighted by Crippen LogP contribution is 2.19. The minimum Gasteiger partial charge on any atom is -0.360 e. The number of carbonyl (C=O) groups is 1. The number of carbonyl (C=O) groups excluding carboxylic acids is 1. The van der Waals surface area contributed by atoms with Gasteiger partial charge in [0.25, 0.3) is 5.91 Å². The van der Waals surface area contributed by atoms with E-state index in [1.165, 1.54) is 28.8 Å². The third-order valence-electron chi connectivity index (χ3n) is 4.72. The Hall–Kier alpha value is -2.11. The number of hydrogen-bond donors (Lipinski definition) is 2. The highest BCUT2D eigenvalue weighted by atomic mass is 35.5. The number of nitrogens with zero attached hydrogens (tertiary/aromatic N) is 1. The maximum Gasteiger partial charge on any atom is 0.282 e. The van der Waals surface area contributed by atoms with Crippen molar-refractivity contribution < 1.29 is 14.1 Å². The number of para-hydroxylation sites is 1. The van der Waals surface area contributed by atoms with Crippen molar-refractivity contribution in [1.82, 2.24) is 0 Å². The largest absolute Gasteiger partial charge is 0.360 e. The van der Waals surface area contributed by atoms with Crippen LogP contribution in [0.25, 0.3) is 0 Å². The third kappa shape index (κ3) is 4.30. The van der Waals surface area contributed by atoms with Crippen LogP contribution in [0.3, 0.4) is 0 Å². The Balaban J connectivity index is 1.55. The van der Waals surface area contributed by atoms with E-state index in [2.05, 4.69) is 22.3 Å². The summed E-state index contributed by atoms with van der Waals surface area (Å²) in [4.78, 5) is 16.1. The summed E-state index contributed by atoms with van der Waals surface area (Å²) in [6.07, 6.45) is 0. The zero-order chi connectivity index (χ0) is 17.8. The van der Waals surface area contributed by atoms with Crippen molar-refractivity contribution in [3.05, 3.63) is 59.4 Å². The van der Waals surface area contributed by atoms with E-state index in [4.69, 9.17) is 11.6 Å². The number of hydrogen-bond acceptors (Lipinski definition) is 2. The summed E-state index contributed by atoms with van der Waals surface area (Å²) in [6.45, 7) is 5.55. The van der Waals surface area contributed by atoms with Gasteiger partial charge in [-0.3, -0.25) is 4.79 Å². The lowest BCUT2D eigenvalue weighted by Crippen LogP contribution is -3.19. The SMILES string of the molecule is C[C@H](C(=O)Nc1ccc(F)c(Cl)c1)[NH+]1CCN(c2ccccc2)CC1. The van der Waals surface area contributed by atoms with E-state index in [1.54, 1.807) is 0 Å². The molecule has 1 aliphatic heterocycles. The van der Waals surface area contributed by atoms with Gasteiger partial charge in [0.1, 0.15) is 5.82 Å². The lowest BCUT2D eigenvalue weighted by Gasteiger charge is -2.36. The number of rotatable bonds is 4. The molecule has 2 N–H and O–H groups in total. The van der Waals surface area contributed by atoms with Crippen LogP contribution in [0.4, 0.5) is 15.8 Å². The molecule has 2 aromatic rings. The highest BCUT2D eigenvalue weighted by molar-refractivity contribution is 6.31. The normalized spacial score (nSPS) is 16.5. The van der Waals surface area contributed by atoms with Crippen LogP contribution in [0.15, 0.2) is 48.5 Å². The minimum atomic E-state index is -0.490. The van der Waals surface area contributed by atoms with Gasteiger partial charge < -0.3 is 15.1 Å². The molecule has 1 heterocycles. The molecule has 25 heavy (non-hydrogen) atoms. The summed E-state index contributed by atoms with van der Waals surface area (Å²) in [6, 6.07) is 14.4. The molecule has 1 fully saturated rings. The fourth-order valence-electron chi connectivity index (χ4n) is 3.13. The Morgan fingerprint density at radius 1 is 1.20 bits per heavy atom. The average molecular weight is 363 g/mol. The number of piperazine rings is 1. The van der Waals surface area contributed by atoms with Gasteiger partial charge >= 0.3 is 0 Å². The van der Waals surface area contributed by atoms with Gasteiger partial charge in [-0.15, -0.1) is 0 Å². The second-order valence-corrected chi connectivity index (χ2v) is 6.73. The predicted molar refractivity (Wildman–Crippen MR) is 98.9 cm³/mol. The Morgan fingerprint density at radius 2 is 1.88 bits per heavy atom. The fraction of sp³-hybridized carbons (Fsp3) is 0.316. The molecule has 0 aliphatic carbocycles. The lowest BCUT2D eigenvalue weighted by molar-refractivity contribution is -0.914. The van der Waals surface area contributed by atoms with Gasteiger partial charge in [-0.05, 0) is 37.3 Å². The summed E-state index contributed by atoms with van der Waals surface area (Å²) in [5, 5.41) is 2.83. The molecule has 2 aromatic carbocycles. The number of nitrogens with one attached hydrogen (secondary N) is 2. The van der Waals surface area contributed by atoms with Crippen LogP contribution in [0, 0.1) is 5.82 Å². The fourth-order valence-corrected chi connectivity index (χ4v) is 3.31. The van der Waals surface area contributed by atoms with Crippen molar-refractivity contribution in [2.75, 3.05) is 36.4 Å². The van der Waals surface area contributed by atoms with Crippen LogP contribution in [0.5, 0.6) is 0 Å². The van der Waals surface area contributed by atoms with Crippen molar-refractivity contribution in [1.29, 1.82) is 0 Å². The number of benzene rings is 2. The molecule has 0 unspecified atom stereocenters. The maximum absolute atomic E-state index is 13.2. The van der Waals surface area contributed by atoms with Crippen LogP contribution >= 0.6 is 11.6 Å². The van der Waals surface area contributed by atoms with Gasteiger partial charge in [-0.2, -0.15) is 0 Å². The second kappa shape index (κ2) is 7.85. The summed E-state index contributed by atoms with van der Waals surface area (Å²) < 4.78 is 13.2. The van der Waals surface area contributed by atoms with Crippen molar-refractivity contribution in [2.24, 2.45) is 0 Å². The zero-order valence-corrected chi connectivity index (χ0v) is 14.9. The maximum atomic E-state index is 13.2. The predicted octanol–water partition coefficient (Wildman–Crippen LogP) is 2.21. The van der Waals surface area contributed by atoms with E-state index in [0.29, 0.717) is 5.69 Å². The molecule has 1 aliphatic rings. The third-order valence-corrected chi connectivity index (χ3v) is 5.01. The van der Waals surface area contributed by atoms with Crippen LogP contribution in [-0.4, -0.2) is 38.1 Å². The Bertz CT molecular complexity index is 733. The first-order valence-corrected chi connectivity index (χ1v) is 8.83. The Morgan fingerprint density at radius 3 is 2.52 bits per heavy atom. The molecule has 6 heteroatoms. The number of halogens is 2. The van der Waals surface area contributed by atoms with E-state index < -0.39 is 5.82 Å². The van der Waals surface area contributed by atoms with E-state index in [9.17, 15) is 9.18 Å². The number of amides is 1. The van der Waals surface area contributed by atoms with Crippen molar-refractivity contribution in [2.45, 2.75) is 13.0 Å². The minimum absolute atomic E-state index is 0.00859. The average Bonchev–Trinajstić information content (AvgIpc) is 2.65. The number of anilines is 2. The lowest BCUT2D eigenvalue weighted by atomic mass is 10.2. The molecule has 0 bridgehead atoms. The zero-order valence-electron chi connectivity index (χ0n) is 14.1. The molecule has 0 aromatic heterocycles. The standard InChI is InChI=1S/C19H21ClFN3O/c1-14(19(25)22-15-7-8-18(21)17(20)13-15)23-9-11-24(12-10-23)16-5-3-2-4-6-16/h2-8,13-14H,9-12H2,1H3,(H,22,25)/p+1/t14-/m1/s1. The molecule has 0 saturated carbocycles. The molecule has 0 radical (unpaired) electrons. The first-order chi connectivity index (χ1) is 12.0. The van der Waals surface area contributed by atoms with E-state index >= 15 is 0 Å². The molecule has 1 saturated heterocycles. The number of quaternary nitrogens is 1.